The lowest BCUT2D eigenvalue weighted by molar-refractivity contribution is -0.136. The molecule has 0 rings (SSSR count). The summed E-state index contributed by atoms with van der Waals surface area (Å²) in [5, 5.41) is 95.7. The molecule has 0 spiro atoms. The van der Waals surface area contributed by atoms with Gasteiger partial charge in [-0.3, -0.25) is 0 Å². The lowest BCUT2D eigenvalue weighted by Gasteiger charge is -2.24. The smallest absolute Gasteiger partial charge is 0.151 e. The van der Waals surface area contributed by atoms with Crippen molar-refractivity contribution in [1.82, 2.24) is 0 Å². The molecule has 146 valence electrons. The van der Waals surface area contributed by atoms with Crippen molar-refractivity contribution >= 4 is 6.29 Å². The Kier molecular flexibility index (Phi) is 14.3. The zero-order valence-corrected chi connectivity index (χ0v) is 12.6. The van der Waals surface area contributed by atoms with Gasteiger partial charge < -0.3 is 61.0 Å². The minimum absolute atomic E-state index is 0.0258. The van der Waals surface area contributed by atoms with Crippen LogP contribution in [0.25, 0.3) is 0 Å². The average molecular weight is 362 g/mol. The van der Waals surface area contributed by atoms with Gasteiger partial charge in [0.1, 0.15) is 48.8 Å². The van der Waals surface area contributed by atoms with E-state index in [1.54, 1.807) is 0 Å². The van der Waals surface area contributed by atoms with Crippen molar-refractivity contribution < 1.29 is 61.0 Å². The molecule has 0 bridgehead atoms. The van der Waals surface area contributed by atoms with E-state index in [1.165, 1.54) is 0 Å². The summed E-state index contributed by atoms with van der Waals surface area (Å²) < 4.78 is 0. The van der Waals surface area contributed by atoms with E-state index in [0.29, 0.717) is 0 Å². The number of carbonyl (C=O) groups excluding carboxylic acids is 1. The second-order valence-electron chi connectivity index (χ2n) is 4.84. The van der Waals surface area contributed by atoms with Crippen molar-refractivity contribution in [2.75, 3.05) is 19.8 Å². The van der Waals surface area contributed by atoms with Gasteiger partial charge in [-0.2, -0.15) is 0 Å². The fourth-order valence-corrected chi connectivity index (χ4v) is 1.29. The molecular formula is C12H26O12. The Morgan fingerprint density at radius 3 is 1.00 bits per heavy atom. The molecule has 0 aromatic heterocycles. The molecule has 8 atom stereocenters. The Bertz CT molecular complexity index is 302. The van der Waals surface area contributed by atoms with Crippen molar-refractivity contribution in [2.24, 2.45) is 0 Å². The Labute approximate surface area is 137 Å². The predicted molar refractivity (Wildman–Crippen MR) is 75.4 cm³/mol. The fraction of sp³-hybridized carbons (Fsp3) is 0.917. The monoisotopic (exact) mass is 362 g/mol. The van der Waals surface area contributed by atoms with E-state index in [0.717, 1.165) is 0 Å². The van der Waals surface area contributed by atoms with Crippen LogP contribution in [-0.2, 0) is 4.79 Å². The van der Waals surface area contributed by atoms with E-state index >= 15 is 0 Å². The summed E-state index contributed by atoms with van der Waals surface area (Å²) in [4.78, 5) is 9.90. The number of hydrogen-bond acceptors (Lipinski definition) is 12. The largest absolute Gasteiger partial charge is 0.394 e. The van der Waals surface area contributed by atoms with E-state index in [-0.39, 0.29) is 6.29 Å². The van der Waals surface area contributed by atoms with Crippen molar-refractivity contribution in [3.8, 4) is 0 Å². The first-order valence-corrected chi connectivity index (χ1v) is 6.81. The van der Waals surface area contributed by atoms with Gasteiger partial charge in [0.05, 0.1) is 19.8 Å². The van der Waals surface area contributed by atoms with Crippen LogP contribution in [0.3, 0.4) is 0 Å². The summed E-state index contributed by atoms with van der Waals surface area (Å²) in [5.41, 5.74) is 0. The number of aliphatic hydroxyl groups is 11. The van der Waals surface area contributed by atoms with Gasteiger partial charge in [0.2, 0.25) is 0 Å². The summed E-state index contributed by atoms with van der Waals surface area (Å²) in [5.74, 6) is 0. The van der Waals surface area contributed by atoms with Crippen LogP contribution in [0.1, 0.15) is 0 Å². The van der Waals surface area contributed by atoms with Crippen LogP contribution in [0.4, 0.5) is 0 Å². The maximum absolute atomic E-state index is 9.90. The molecule has 0 unspecified atom stereocenters. The van der Waals surface area contributed by atoms with Crippen LogP contribution in [0.15, 0.2) is 0 Å². The van der Waals surface area contributed by atoms with Gasteiger partial charge in [0.15, 0.2) is 6.29 Å². The molecule has 0 saturated carbocycles. The molecular weight excluding hydrogens is 336 g/mol. The molecule has 12 heteroatoms. The molecule has 0 aliphatic rings. The second kappa shape index (κ2) is 13.5. The van der Waals surface area contributed by atoms with Crippen molar-refractivity contribution in [3.63, 3.8) is 0 Å². The predicted octanol–water partition coefficient (Wildman–Crippen LogP) is -6.96. The first kappa shape index (κ1) is 25.5. The molecule has 11 N–H and O–H groups in total. The lowest BCUT2D eigenvalue weighted by atomic mass is 10.0. The van der Waals surface area contributed by atoms with E-state index in [2.05, 4.69) is 0 Å². The summed E-state index contributed by atoms with van der Waals surface area (Å²) >= 11 is 0. The highest BCUT2D eigenvalue weighted by Crippen LogP contribution is 2.04. The summed E-state index contributed by atoms with van der Waals surface area (Å²) in [6.45, 7) is -2.21. The molecule has 0 saturated heterocycles. The van der Waals surface area contributed by atoms with Gasteiger partial charge in [0.25, 0.3) is 0 Å². The van der Waals surface area contributed by atoms with E-state index in [1.807, 2.05) is 0 Å². The third-order valence-corrected chi connectivity index (χ3v) is 2.93. The SMILES string of the molecule is O=C[C@@H](O)[C@@H](O)[C@H](O)[C@H](O)CO.OC[C@@H](O)[C@@H](O)[C@H](O)[C@@H](O)CO. The van der Waals surface area contributed by atoms with Crippen LogP contribution < -0.4 is 0 Å². The Morgan fingerprint density at radius 2 is 0.792 bits per heavy atom. The van der Waals surface area contributed by atoms with Crippen molar-refractivity contribution in [2.45, 2.75) is 48.8 Å². The number of aliphatic hydroxyl groups excluding tert-OH is 11. The molecule has 0 heterocycles. The Balaban J connectivity index is 0. The molecule has 0 aliphatic carbocycles. The minimum atomic E-state index is -1.79. The molecule has 0 aromatic rings. The molecule has 0 amide bonds. The van der Waals surface area contributed by atoms with Gasteiger partial charge in [-0.05, 0) is 0 Å². The zero-order chi connectivity index (χ0) is 19.4. The number of carbonyl (C=O) groups is 1. The quantitative estimate of drug-likeness (QED) is 0.162. The molecule has 24 heavy (non-hydrogen) atoms. The van der Waals surface area contributed by atoms with Crippen LogP contribution in [0.2, 0.25) is 0 Å². The Hall–Kier alpha value is -0.770. The summed E-state index contributed by atoms with van der Waals surface area (Å²) in [7, 11) is 0. The van der Waals surface area contributed by atoms with Gasteiger partial charge in [-0.15, -0.1) is 0 Å². The van der Waals surface area contributed by atoms with E-state index in [9.17, 15) is 4.79 Å². The van der Waals surface area contributed by atoms with Gasteiger partial charge in [-0.1, -0.05) is 0 Å². The maximum atomic E-state index is 9.90. The summed E-state index contributed by atoms with van der Waals surface area (Å²) in [6.07, 6.45) is -13.2. The highest BCUT2D eigenvalue weighted by Gasteiger charge is 2.30. The standard InChI is InChI=1S/C6H14O6.C6H12O6/c2*7-1-3(9)5(11)6(12)4(10)2-8/h3-12H,1-2H2;1,3-6,8-12H,2H2/t3-,4+,5-,6-;3-,4-,5-,6-/m11/s1. The van der Waals surface area contributed by atoms with Gasteiger partial charge in [0, 0.05) is 0 Å². The third kappa shape index (κ3) is 8.91. The van der Waals surface area contributed by atoms with E-state index < -0.39 is 68.7 Å². The highest BCUT2D eigenvalue weighted by atomic mass is 16.4. The first-order valence-electron chi connectivity index (χ1n) is 6.81. The first-order chi connectivity index (χ1) is 11.1. The zero-order valence-electron chi connectivity index (χ0n) is 12.6. The molecule has 0 radical (unpaired) electrons. The maximum Gasteiger partial charge on any atom is 0.151 e. The topological polar surface area (TPSA) is 240 Å². The van der Waals surface area contributed by atoms with E-state index in [4.69, 9.17) is 56.2 Å². The molecule has 0 fully saturated rings. The third-order valence-electron chi connectivity index (χ3n) is 2.93. The number of hydrogen-bond donors (Lipinski definition) is 11. The van der Waals surface area contributed by atoms with Gasteiger partial charge in [-0.25, -0.2) is 0 Å². The van der Waals surface area contributed by atoms with Crippen LogP contribution in [-0.4, -0.2) is 131 Å². The lowest BCUT2D eigenvalue weighted by Crippen LogP contribution is -2.46. The number of aldehydes is 1. The normalized spacial score (nSPS) is 21.3. The van der Waals surface area contributed by atoms with Crippen molar-refractivity contribution in [1.29, 1.82) is 0 Å². The van der Waals surface area contributed by atoms with Crippen molar-refractivity contribution in [3.05, 3.63) is 0 Å². The molecule has 0 aliphatic heterocycles. The second-order valence-corrected chi connectivity index (χ2v) is 4.84. The fourth-order valence-electron chi connectivity index (χ4n) is 1.29. The molecule has 0 aromatic carbocycles. The summed E-state index contributed by atoms with van der Waals surface area (Å²) in [6, 6.07) is 0. The molecule has 12 nitrogen and oxygen atoms in total. The minimum Gasteiger partial charge on any atom is -0.394 e. The van der Waals surface area contributed by atoms with Crippen LogP contribution >= 0.6 is 0 Å². The van der Waals surface area contributed by atoms with Crippen LogP contribution in [0.5, 0.6) is 0 Å². The average Bonchev–Trinajstić information content (AvgIpc) is 2.62. The Morgan fingerprint density at radius 1 is 0.542 bits per heavy atom. The highest BCUT2D eigenvalue weighted by molar-refractivity contribution is 5.56. The number of rotatable bonds is 10. The van der Waals surface area contributed by atoms with Crippen LogP contribution in [0, 0.1) is 0 Å². The van der Waals surface area contributed by atoms with Gasteiger partial charge >= 0.3 is 0 Å².